The molecule has 0 bridgehead atoms. The van der Waals surface area contributed by atoms with Gasteiger partial charge in [-0.1, -0.05) is 12.1 Å². The molecule has 0 saturated carbocycles. The Morgan fingerprint density at radius 3 is 2.52 bits per heavy atom. The van der Waals surface area contributed by atoms with Crippen molar-refractivity contribution in [2.24, 2.45) is 0 Å². The maximum Gasteiger partial charge on any atom is 0.324 e. The lowest BCUT2D eigenvalue weighted by atomic mass is 10.1. The molecule has 1 saturated heterocycles. The molecule has 1 aliphatic heterocycles. The first-order valence-corrected chi connectivity index (χ1v) is 9.54. The first-order valence-electron chi connectivity index (χ1n) is 9.54. The number of H-pyrrole nitrogens is 1. The highest BCUT2D eigenvalue weighted by molar-refractivity contribution is 6.01. The lowest BCUT2D eigenvalue weighted by Gasteiger charge is -2.12. The van der Waals surface area contributed by atoms with Crippen LogP contribution in [0.4, 0.5) is 4.79 Å². The molecule has 0 aliphatic carbocycles. The Balaban J connectivity index is 1.33. The topological polar surface area (TPSA) is 129 Å². The predicted molar refractivity (Wildman–Crippen MR) is 110 cm³/mol. The highest BCUT2D eigenvalue weighted by Crippen LogP contribution is 2.19. The van der Waals surface area contributed by atoms with Gasteiger partial charge < -0.3 is 15.4 Å². The third kappa shape index (κ3) is 4.53. The van der Waals surface area contributed by atoms with Crippen LogP contribution in [0.1, 0.15) is 21.7 Å². The Morgan fingerprint density at radius 1 is 1.13 bits per heavy atom. The molecule has 158 valence electrons. The van der Waals surface area contributed by atoms with Gasteiger partial charge in [-0.25, -0.2) is 9.78 Å². The summed E-state index contributed by atoms with van der Waals surface area (Å²) in [5, 5.41) is 12.2. The van der Waals surface area contributed by atoms with Crippen LogP contribution in [0.2, 0.25) is 0 Å². The van der Waals surface area contributed by atoms with E-state index in [0.717, 1.165) is 21.8 Å². The molecule has 0 unspecified atom stereocenters. The van der Waals surface area contributed by atoms with Crippen LogP contribution in [-0.2, 0) is 17.9 Å². The molecule has 2 heterocycles. The molecule has 0 spiro atoms. The molecule has 10 nitrogen and oxygen atoms in total. The maximum atomic E-state index is 12.4. The van der Waals surface area contributed by atoms with Crippen LogP contribution in [0.25, 0.3) is 11.4 Å². The number of imide groups is 1. The fourth-order valence-corrected chi connectivity index (χ4v) is 3.07. The zero-order chi connectivity index (χ0) is 21.8. The lowest BCUT2D eigenvalue weighted by Crippen LogP contribution is -2.30. The van der Waals surface area contributed by atoms with Crippen molar-refractivity contribution in [2.75, 3.05) is 13.7 Å². The number of hydrogen-bond donors (Lipinski definition) is 3. The quantitative estimate of drug-likeness (QED) is 0.496. The largest absolute Gasteiger partial charge is 0.497 e. The highest BCUT2D eigenvalue weighted by atomic mass is 16.5. The van der Waals surface area contributed by atoms with E-state index in [-0.39, 0.29) is 31.4 Å². The molecular formula is C21H20N6O4. The van der Waals surface area contributed by atoms with Crippen molar-refractivity contribution in [1.82, 2.24) is 30.7 Å². The van der Waals surface area contributed by atoms with E-state index in [0.29, 0.717) is 17.2 Å². The maximum absolute atomic E-state index is 12.4. The summed E-state index contributed by atoms with van der Waals surface area (Å²) < 4.78 is 5.14. The van der Waals surface area contributed by atoms with Crippen molar-refractivity contribution < 1.29 is 19.1 Å². The van der Waals surface area contributed by atoms with Gasteiger partial charge in [0.05, 0.1) is 26.7 Å². The molecule has 1 aromatic heterocycles. The first kappa shape index (κ1) is 20.1. The Hall–Kier alpha value is -4.21. The number of ether oxygens (including phenoxy) is 1. The minimum Gasteiger partial charge on any atom is -0.497 e. The zero-order valence-corrected chi connectivity index (χ0v) is 16.7. The molecule has 4 amide bonds. The Morgan fingerprint density at radius 2 is 1.87 bits per heavy atom. The fourth-order valence-electron chi connectivity index (χ4n) is 3.07. The first-order chi connectivity index (χ1) is 15.0. The molecule has 3 aromatic rings. The number of nitrogens with one attached hydrogen (secondary N) is 3. The third-order valence-corrected chi connectivity index (χ3v) is 4.79. The molecule has 2 aromatic carbocycles. The van der Waals surface area contributed by atoms with Gasteiger partial charge in [-0.3, -0.25) is 19.6 Å². The van der Waals surface area contributed by atoms with Gasteiger partial charge in [0.25, 0.3) is 5.91 Å². The van der Waals surface area contributed by atoms with Crippen LogP contribution in [0.15, 0.2) is 48.5 Å². The van der Waals surface area contributed by atoms with E-state index in [2.05, 4.69) is 25.8 Å². The van der Waals surface area contributed by atoms with Gasteiger partial charge in [0.1, 0.15) is 11.6 Å². The van der Waals surface area contributed by atoms with Gasteiger partial charge in [-0.15, -0.1) is 0 Å². The Kier molecular flexibility index (Phi) is 5.61. The van der Waals surface area contributed by atoms with Crippen LogP contribution < -0.4 is 15.4 Å². The van der Waals surface area contributed by atoms with E-state index < -0.39 is 6.03 Å². The number of hydrogen-bond acceptors (Lipinski definition) is 6. The molecule has 10 heteroatoms. The van der Waals surface area contributed by atoms with Crippen LogP contribution >= 0.6 is 0 Å². The average Bonchev–Trinajstić information content (AvgIpc) is 3.40. The van der Waals surface area contributed by atoms with E-state index in [1.807, 2.05) is 24.3 Å². The van der Waals surface area contributed by atoms with Crippen molar-refractivity contribution in [3.05, 3.63) is 65.5 Å². The lowest BCUT2D eigenvalue weighted by molar-refractivity contribution is -0.125. The van der Waals surface area contributed by atoms with E-state index >= 15 is 0 Å². The Labute approximate surface area is 177 Å². The number of aromatic nitrogens is 3. The van der Waals surface area contributed by atoms with Crippen molar-refractivity contribution in [3.63, 3.8) is 0 Å². The molecule has 1 aliphatic rings. The van der Waals surface area contributed by atoms with Crippen molar-refractivity contribution in [1.29, 1.82) is 0 Å². The van der Waals surface area contributed by atoms with Crippen molar-refractivity contribution in [3.8, 4) is 17.1 Å². The molecule has 31 heavy (non-hydrogen) atoms. The molecule has 3 N–H and O–H groups in total. The second-order valence-electron chi connectivity index (χ2n) is 6.85. The average molecular weight is 420 g/mol. The smallest absolute Gasteiger partial charge is 0.324 e. The normalized spacial score (nSPS) is 13.3. The van der Waals surface area contributed by atoms with Crippen LogP contribution in [0.5, 0.6) is 5.75 Å². The van der Waals surface area contributed by atoms with Gasteiger partial charge in [-0.2, -0.15) is 5.10 Å². The van der Waals surface area contributed by atoms with E-state index in [1.54, 1.807) is 31.4 Å². The molecule has 1 fully saturated rings. The number of amides is 4. The van der Waals surface area contributed by atoms with E-state index in [1.165, 1.54) is 0 Å². The summed E-state index contributed by atoms with van der Waals surface area (Å²) in [6, 6.07) is 13.7. The number of carbonyl (C=O) groups is 3. The van der Waals surface area contributed by atoms with E-state index in [4.69, 9.17) is 4.74 Å². The monoisotopic (exact) mass is 420 g/mol. The zero-order valence-electron chi connectivity index (χ0n) is 16.7. The summed E-state index contributed by atoms with van der Waals surface area (Å²) >= 11 is 0. The minimum absolute atomic E-state index is 0.0150. The van der Waals surface area contributed by atoms with Crippen molar-refractivity contribution in [2.45, 2.75) is 13.1 Å². The fraction of sp³-hybridized carbons (Fsp3) is 0.190. The predicted octanol–water partition coefficient (Wildman–Crippen LogP) is 1.46. The van der Waals surface area contributed by atoms with Gasteiger partial charge in [0, 0.05) is 11.1 Å². The standard InChI is InChI=1S/C21H20N6O4/c1-31-16-8-6-14(7-9-16)19-24-17(25-26-19)10-22-20(29)15-4-2-13(3-5-15)12-27-18(28)11-23-21(27)30/h2-9H,10-12H2,1H3,(H,22,29)(H,23,30)(H,24,25,26). The summed E-state index contributed by atoms with van der Waals surface area (Å²) in [7, 11) is 1.60. The third-order valence-electron chi connectivity index (χ3n) is 4.79. The number of rotatable bonds is 7. The number of urea groups is 1. The number of nitrogens with zero attached hydrogens (tertiary/aromatic N) is 3. The van der Waals surface area contributed by atoms with Gasteiger partial charge >= 0.3 is 6.03 Å². The second-order valence-corrected chi connectivity index (χ2v) is 6.85. The number of aromatic amines is 1. The summed E-state index contributed by atoms with van der Waals surface area (Å²) in [6.07, 6.45) is 0. The molecule has 0 atom stereocenters. The van der Waals surface area contributed by atoms with Crippen LogP contribution in [0, 0.1) is 0 Å². The number of methoxy groups -OCH3 is 1. The minimum atomic E-state index is -0.409. The Bertz CT molecular complexity index is 1090. The summed E-state index contributed by atoms with van der Waals surface area (Å²) in [5.74, 6) is 1.25. The highest BCUT2D eigenvalue weighted by Gasteiger charge is 2.28. The van der Waals surface area contributed by atoms with Crippen molar-refractivity contribution >= 4 is 17.8 Å². The second kappa shape index (κ2) is 8.66. The van der Waals surface area contributed by atoms with Crippen LogP contribution in [-0.4, -0.2) is 51.6 Å². The number of carbonyl (C=O) groups excluding carboxylic acids is 3. The van der Waals surface area contributed by atoms with Gasteiger partial charge in [0.2, 0.25) is 5.91 Å². The van der Waals surface area contributed by atoms with Gasteiger partial charge in [0.15, 0.2) is 5.82 Å². The molecule has 4 rings (SSSR count). The summed E-state index contributed by atoms with van der Waals surface area (Å²) in [4.78, 5) is 41.2. The summed E-state index contributed by atoms with van der Waals surface area (Å²) in [6.45, 7) is 0.367. The van der Waals surface area contributed by atoms with E-state index in [9.17, 15) is 14.4 Å². The van der Waals surface area contributed by atoms with Gasteiger partial charge in [-0.05, 0) is 42.0 Å². The SMILES string of the molecule is COc1ccc(-c2n[nH]c(CNC(=O)c3ccc(CN4C(=O)CNC4=O)cc3)n2)cc1. The summed E-state index contributed by atoms with van der Waals surface area (Å²) in [5.41, 5.74) is 2.03. The van der Waals surface area contributed by atoms with Crippen LogP contribution in [0.3, 0.4) is 0 Å². The molecular weight excluding hydrogens is 400 g/mol. The molecule has 0 radical (unpaired) electrons. The number of benzene rings is 2.